The number of nitrogens with zero attached hydrogens (tertiary/aromatic N) is 3. The molecule has 0 aliphatic heterocycles. The Kier molecular flexibility index (Phi) is 5.56. The van der Waals surface area contributed by atoms with E-state index >= 15 is 0 Å². The Hall–Kier alpha value is -1.39. The van der Waals surface area contributed by atoms with Crippen LogP contribution in [0.1, 0.15) is 18.3 Å². The molecule has 1 unspecified atom stereocenters. The Labute approximate surface area is 125 Å². The molecule has 0 amide bonds. The number of nitrogens with one attached hydrogen (secondary N) is 1. The van der Waals surface area contributed by atoms with Gasteiger partial charge in [-0.2, -0.15) is 5.10 Å². The van der Waals surface area contributed by atoms with Gasteiger partial charge >= 0.3 is 0 Å². The third-order valence-electron chi connectivity index (χ3n) is 3.43. The number of benzene rings is 1. The molecule has 0 bridgehead atoms. The molecule has 5 heteroatoms. The molecule has 0 fully saturated rings. The summed E-state index contributed by atoms with van der Waals surface area (Å²) in [5, 5.41) is 8.33. The smallest absolute Gasteiger partial charge is 0.138 e. The van der Waals surface area contributed by atoms with Gasteiger partial charge in [0.25, 0.3) is 0 Å². The Balaban J connectivity index is 2.09. The molecule has 0 aliphatic rings. The molecule has 1 heterocycles. The highest BCUT2D eigenvalue weighted by Crippen LogP contribution is 2.20. The number of hydrogen-bond acceptors (Lipinski definition) is 3. The largest absolute Gasteiger partial charge is 0.319 e. The van der Waals surface area contributed by atoms with Crippen molar-refractivity contribution in [2.75, 3.05) is 13.6 Å². The van der Waals surface area contributed by atoms with Crippen molar-refractivity contribution in [3.8, 4) is 0 Å². The minimum absolute atomic E-state index is 0.453. The summed E-state index contributed by atoms with van der Waals surface area (Å²) in [5.41, 5.74) is 1.19. The summed E-state index contributed by atoms with van der Waals surface area (Å²) in [4.78, 5) is 4.36. The summed E-state index contributed by atoms with van der Waals surface area (Å²) in [6.07, 6.45) is 3.47. The zero-order valence-electron chi connectivity index (χ0n) is 12.0. The van der Waals surface area contributed by atoms with Gasteiger partial charge in [0, 0.05) is 18.0 Å². The quantitative estimate of drug-likeness (QED) is 0.853. The van der Waals surface area contributed by atoms with E-state index in [1.807, 2.05) is 29.9 Å². The summed E-state index contributed by atoms with van der Waals surface area (Å²) in [6, 6.07) is 8.04. The lowest BCUT2D eigenvalue weighted by molar-refractivity contribution is 0.464. The standard InChI is InChI=1S/C15H21ClN4/c1-3-20-15(18-11-19-20)9-12(10-17-2)8-13-6-4-5-7-14(13)16/h4-7,11-12,17H,3,8-10H2,1-2H3. The second-order valence-electron chi connectivity index (χ2n) is 4.92. The van der Waals surface area contributed by atoms with Crippen LogP contribution in [-0.4, -0.2) is 28.4 Å². The van der Waals surface area contributed by atoms with Gasteiger partial charge in [-0.1, -0.05) is 29.8 Å². The first-order valence-electron chi connectivity index (χ1n) is 6.99. The minimum Gasteiger partial charge on any atom is -0.319 e. The van der Waals surface area contributed by atoms with Crippen LogP contribution in [0.2, 0.25) is 5.02 Å². The third kappa shape index (κ3) is 3.81. The first-order chi connectivity index (χ1) is 9.74. The predicted molar refractivity (Wildman–Crippen MR) is 82.0 cm³/mol. The molecule has 2 aromatic rings. The third-order valence-corrected chi connectivity index (χ3v) is 3.79. The molecule has 0 saturated heterocycles. The topological polar surface area (TPSA) is 42.7 Å². The van der Waals surface area contributed by atoms with Gasteiger partial charge < -0.3 is 5.32 Å². The summed E-state index contributed by atoms with van der Waals surface area (Å²) >= 11 is 6.26. The van der Waals surface area contributed by atoms with Gasteiger partial charge in [-0.25, -0.2) is 4.98 Å². The SMILES string of the molecule is CCn1ncnc1CC(CNC)Cc1ccccc1Cl. The molecular formula is C15H21ClN4. The molecule has 0 saturated carbocycles. The molecule has 108 valence electrons. The lowest BCUT2D eigenvalue weighted by Gasteiger charge is -2.17. The van der Waals surface area contributed by atoms with Gasteiger partial charge in [0.15, 0.2) is 0 Å². The predicted octanol–water partition coefficient (Wildman–Crippen LogP) is 2.57. The van der Waals surface area contributed by atoms with Crippen molar-refractivity contribution in [2.45, 2.75) is 26.3 Å². The van der Waals surface area contributed by atoms with E-state index in [4.69, 9.17) is 11.6 Å². The van der Waals surface area contributed by atoms with E-state index in [2.05, 4.69) is 28.4 Å². The lowest BCUT2D eigenvalue weighted by atomic mass is 9.95. The monoisotopic (exact) mass is 292 g/mol. The number of halogens is 1. The second kappa shape index (κ2) is 7.41. The zero-order chi connectivity index (χ0) is 14.4. The molecule has 2 rings (SSSR count). The van der Waals surface area contributed by atoms with Gasteiger partial charge in [-0.15, -0.1) is 0 Å². The van der Waals surface area contributed by atoms with Crippen LogP contribution in [-0.2, 0) is 19.4 Å². The second-order valence-corrected chi connectivity index (χ2v) is 5.32. The fourth-order valence-corrected chi connectivity index (χ4v) is 2.66. The van der Waals surface area contributed by atoms with Crippen molar-refractivity contribution in [2.24, 2.45) is 5.92 Å². The molecule has 20 heavy (non-hydrogen) atoms. The van der Waals surface area contributed by atoms with Gasteiger partial charge in [0.05, 0.1) is 0 Å². The molecule has 1 atom stereocenters. The van der Waals surface area contributed by atoms with Crippen LogP contribution in [0, 0.1) is 5.92 Å². The average Bonchev–Trinajstić information content (AvgIpc) is 2.89. The minimum atomic E-state index is 0.453. The Bertz CT molecular complexity index is 538. The van der Waals surface area contributed by atoms with Gasteiger partial charge in [-0.05, 0) is 44.5 Å². The molecule has 1 aromatic heterocycles. The van der Waals surface area contributed by atoms with E-state index in [9.17, 15) is 0 Å². The first-order valence-corrected chi connectivity index (χ1v) is 7.37. The number of hydrogen-bond donors (Lipinski definition) is 1. The number of aromatic nitrogens is 3. The number of aryl methyl sites for hydroxylation is 1. The van der Waals surface area contributed by atoms with E-state index in [0.717, 1.165) is 36.8 Å². The molecule has 0 aliphatic carbocycles. The van der Waals surface area contributed by atoms with Crippen molar-refractivity contribution in [1.29, 1.82) is 0 Å². The summed E-state index contributed by atoms with van der Waals surface area (Å²) in [6.45, 7) is 3.87. The van der Waals surface area contributed by atoms with E-state index in [1.54, 1.807) is 6.33 Å². The maximum atomic E-state index is 6.26. The van der Waals surface area contributed by atoms with Crippen LogP contribution in [0.4, 0.5) is 0 Å². The van der Waals surface area contributed by atoms with Crippen LogP contribution >= 0.6 is 11.6 Å². The molecule has 0 radical (unpaired) electrons. The van der Waals surface area contributed by atoms with Crippen LogP contribution in [0.15, 0.2) is 30.6 Å². The fraction of sp³-hybridized carbons (Fsp3) is 0.467. The van der Waals surface area contributed by atoms with E-state index in [-0.39, 0.29) is 0 Å². The summed E-state index contributed by atoms with van der Waals surface area (Å²) in [7, 11) is 1.98. The van der Waals surface area contributed by atoms with E-state index < -0.39 is 0 Å². The van der Waals surface area contributed by atoms with E-state index in [0.29, 0.717) is 5.92 Å². The average molecular weight is 293 g/mol. The summed E-state index contributed by atoms with van der Waals surface area (Å²) in [5.74, 6) is 1.49. The van der Waals surface area contributed by atoms with Crippen molar-refractivity contribution < 1.29 is 0 Å². The Morgan fingerprint density at radius 3 is 2.80 bits per heavy atom. The number of rotatable bonds is 7. The highest BCUT2D eigenvalue weighted by atomic mass is 35.5. The van der Waals surface area contributed by atoms with Gasteiger partial charge in [0.2, 0.25) is 0 Å². The van der Waals surface area contributed by atoms with Crippen LogP contribution in [0.3, 0.4) is 0 Å². The van der Waals surface area contributed by atoms with Crippen LogP contribution in [0.25, 0.3) is 0 Å². The van der Waals surface area contributed by atoms with Crippen molar-refractivity contribution >= 4 is 11.6 Å². The normalized spacial score (nSPS) is 12.6. The lowest BCUT2D eigenvalue weighted by Crippen LogP contribution is -2.24. The first kappa shape index (κ1) is 15.0. The Morgan fingerprint density at radius 2 is 2.10 bits per heavy atom. The van der Waals surface area contributed by atoms with Gasteiger partial charge in [0.1, 0.15) is 12.2 Å². The van der Waals surface area contributed by atoms with Crippen LogP contribution < -0.4 is 5.32 Å². The maximum Gasteiger partial charge on any atom is 0.138 e. The molecule has 1 N–H and O–H groups in total. The van der Waals surface area contributed by atoms with Crippen molar-refractivity contribution in [3.63, 3.8) is 0 Å². The Morgan fingerprint density at radius 1 is 1.30 bits per heavy atom. The molecular weight excluding hydrogens is 272 g/mol. The van der Waals surface area contributed by atoms with Crippen LogP contribution in [0.5, 0.6) is 0 Å². The zero-order valence-corrected chi connectivity index (χ0v) is 12.8. The molecule has 4 nitrogen and oxygen atoms in total. The van der Waals surface area contributed by atoms with Crippen molar-refractivity contribution in [1.82, 2.24) is 20.1 Å². The van der Waals surface area contributed by atoms with Gasteiger partial charge in [-0.3, -0.25) is 4.68 Å². The maximum absolute atomic E-state index is 6.26. The highest BCUT2D eigenvalue weighted by molar-refractivity contribution is 6.31. The summed E-state index contributed by atoms with van der Waals surface area (Å²) < 4.78 is 1.95. The molecule has 1 aromatic carbocycles. The molecule has 0 spiro atoms. The highest BCUT2D eigenvalue weighted by Gasteiger charge is 2.15. The van der Waals surface area contributed by atoms with Crippen molar-refractivity contribution in [3.05, 3.63) is 47.0 Å². The van der Waals surface area contributed by atoms with E-state index in [1.165, 1.54) is 5.56 Å². The fourth-order valence-electron chi connectivity index (χ4n) is 2.45.